The smallest absolute Gasteiger partial charge is 0.236 e. The Hall–Kier alpha value is -2.62. The second-order valence-corrected chi connectivity index (χ2v) is 8.16. The van der Waals surface area contributed by atoms with Crippen LogP contribution in [0.4, 0.5) is 0 Å². The first-order valence-electron chi connectivity index (χ1n) is 11.0. The molecule has 0 spiro atoms. The summed E-state index contributed by atoms with van der Waals surface area (Å²) in [6.07, 6.45) is 4.28. The summed E-state index contributed by atoms with van der Waals surface area (Å²) in [7, 11) is 0. The van der Waals surface area contributed by atoms with Crippen LogP contribution in [0.15, 0.2) is 65.7 Å². The Bertz CT molecular complexity index is 826. The fourth-order valence-corrected chi connectivity index (χ4v) is 4.63. The third kappa shape index (κ3) is 4.52. The highest BCUT2D eigenvalue weighted by molar-refractivity contribution is 6.01. The molecule has 152 valence electrons. The van der Waals surface area contributed by atoms with Crippen LogP contribution in [-0.2, 0) is 11.2 Å². The van der Waals surface area contributed by atoms with Crippen molar-refractivity contribution in [2.75, 3.05) is 26.2 Å². The first-order chi connectivity index (χ1) is 14.3. The van der Waals surface area contributed by atoms with Gasteiger partial charge in [0.25, 0.3) is 0 Å². The van der Waals surface area contributed by atoms with E-state index in [0.717, 1.165) is 56.8 Å². The van der Waals surface area contributed by atoms with Crippen molar-refractivity contribution in [3.8, 4) is 0 Å². The van der Waals surface area contributed by atoms with E-state index in [1.807, 2.05) is 23.1 Å². The summed E-state index contributed by atoms with van der Waals surface area (Å²) in [5, 5.41) is 0. The lowest BCUT2D eigenvalue weighted by Crippen LogP contribution is -2.49. The number of likely N-dealkylation sites (tertiary alicyclic amines) is 1. The zero-order valence-corrected chi connectivity index (χ0v) is 17.3. The van der Waals surface area contributed by atoms with Crippen molar-refractivity contribution in [1.29, 1.82) is 0 Å². The number of benzene rings is 2. The minimum atomic E-state index is -0.0879. The maximum Gasteiger partial charge on any atom is 0.236 e. The van der Waals surface area contributed by atoms with E-state index in [2.05, 4.69) is 54.3 Å². The van der Waals surface area contributed by atoms with Gasteiger partial charge in [0, 0.05) is 19.6 Å². The average molecular weight is 390 g/mol. The van der Waals surface area contributed by atoms with Crippen molar-refractivity contribution in [2.45, 2.75) is 38.5 Å². The summed E-state index contributed by atoms with van der Waals surface area (Å²) in [5.74, 6) is 1.73. The Balaban J connectivity index is 1.38. The lowest BCUT2D eigenvalue weighted by atomic mass is 9.90. The zero-order chi connectivity index (χ0) is 20.1. The molecule has 1 saturated heterocycles. The van der Waals surface area contributed by atoms with Crippen LogP contribution >= 0.6 is 0 Å². The highest BCUT2D eigenvalue weighted by Crippen LogP contribution is 2.26. The van der Waals surface area contributed by atoms with E-state index in [1.54, 1.807) is 0 Å². The molecule has 0 unspecified atom stereocenters. The fraction of sp³-hybridized carbons (Fsp3) is 0.440. The minimum absolute atomic E-state index is 0.0879. The number of piperidine rings is 1. The fourth-order valence-electron chi connectivity index (χ4n) is 4.63. The van der Waals surface area contributed by atoms with E-state index in [9.17, 15) is 4.79 Å². The molecule has 0 aromatic heterocycles. The Labute approximate surface area is 174 Å². The first kappa shape index (κ1) is 19.7. The lowest BCUT2D eigenvalue weighted by molar-refractivity contribution is -0.129. The summed E-state index contributed by atoms with van der Waals surface area (Å²) < 4.78 is 0. The van der Waals surface area contributed by atoms with Crippen LogP contribution in [0.25, 0.3) is 0 Å². The molecule has 0 saturated carbocycles. The van der Waals surface area contributed by atoms with E-state index in [4.69, 9.17) is 4.99 Å². The van der Waals surface area contributed by atoms with Crippen molar-refractivity contribution in [2.24, 2.45) is 10.9 Å². The van der Waals surface area contributed by atoms with Gasteiger partial charge in [-0.05, 0) is 42.7 Å². The monoisotopic (exact) mass is 389 g/mol. The summed E-state index contributed by atoms with van der Waals surface area (Å²) in [4.78, 5) is 22.4. The molecule has 2 aliphatic rings. The van der Waals surface area contributed by atoms with Crippen LogP contribution in [0.5, 0.6) is 0 Å². The molecule has 1 fully saturated rings. The summed E-state index contributed by atoms with van der Waals surface area (Å²) in [5.41, 5.74) is 2.53. The van der Waals surface area contributed by atoms with Crippen LogP contribution in [-0.4, -0.2) is 47.8 Å². The van der Waals surface area contributed by atoms with E-state index < -0.39 is 0 Å². The average Bonchev–Trinajstić information content (AvgIpc) is 3.26. The summed E-state index contributed by atoms with van der Waals surface area (Å²) in [6.45, 7) is 5.50. The Morgan fingerprint density at radius 1 is 1.00 bits per heavy atom. The molecule has 2 aromatic carbocycles. The van der Waals surface area contributed by atoms with Gasteiger partial charge in [0.15, 0.2) is 0 Å². The van der Waals surface area contributed by atoms with Gasteiger partial charge in [-0.25, -0.2) is 0 Å². The van der Waals surface area contributed by atoms with E-state index in [0.29, 0.717) is 12.5 Å². The molecule has 1 atom stereocenters. The molecule has 1 amide bonds. The van der Waals surface area contributed by atoms with Crippen molar-refractivity contribution < 1.29 is 4.79 Å². The van der Waals surface area contributed by atoms with Gasteiger partial charge in [0.05, 0.1) is 12.5 Å². The zero-order valence-electron chi connectivity index (χ0n) is 17.3. The Morgan fingerprint density at radius 3 is 2.31 bits per heavy atom. The number of aliphatic imine (C=N–C) groups is 1. The van der Waals surface area contributed by atoms with Crippen molar-refractivity contribution in [3.05, 3.63) is 71.8 Å². The van der Waals surface area contributed by atoms with Crippen LogP contribution in [0.1, 0.15) is 43.2 Å². The number of carbonyl (C=O) groups is 1. The molecule has 2 heterocycles. The molecule has 4 heteroatoms. The van der Waals surface area contributed by atoms with Crippen LogP contribution < -0.4 is 0 Å². The maximum atomic E-state index is 13.4. The molecular formula is C25H31N3O. The second-order valence-electron chi connectivity index (χ2n) is 8.16. The highest BCUT2D eigenvalue weighted by atomic mass is 16.2. The van der Waals surface area contributed by atoms with Gasteiger partial charge in [0.2, 0.25) is 11.9 Å². The van der Waals surface area contributed by atoms with Gasteiger partial charge in [-0.1, -0.05) is 67.6 Å². The third-order valence-corrected chi connectivity index (χ3v) is 6.26. The molecule has 0 radical (unpaired) electrons. The third-order valence-electron chi connectivity index (χ3n) is 6.26. The maximum absolute atomic E-state index is 13.4. The number of nitrogens with zero attached hydrogens (tertiary/aromatic N) is 3. The van der Waals surface area contributed by atoms with E-state index in [-0.39, 0.29) is 11.8 Å². The standard InChI is InChI=1S/C25H31N3O/c1-2-23(22-11-7-4-8-12-22)24(29)28-18-15-26-25(28)27-16-13-21(14-17-27)19-20-9-5-3-6-10-20/h3-12,21,23H,2,13-19H2,1H3/t23-/m0/s1. The number of rotatable bonds is 5. The molecule has 4 nitrogen and oxygen atoms in total. The Kier molecular flexibility index (Phi) is 6.28. The molecular weight excluding hydrogens is 358 g/mol. The van der Waals surface area contributed by atoms with Crippen molar-refractivity contribution >= 4 is 11.9 Å². The summed E-state index contributed by atoms with van der Waals surface area (Å²) in [6, 6.07) is 20.9. The second kappa shape index (κ2) is 9.25. The molecule has 29 heavy (non-hydrogen) atoms. The van der Waals surface area contributed by atoms with Crippen LogP contribution in [0.3, 0.4) is 0 Å². The number of amides is 1. The molecule has 0 bridgehead atoms. The minimum Gasteiger partial charge on any atom is -0.342 e. The molecule has 0 N–H and O–H groups in total. The summed E-state index contributed by atoms with van der Waals surface area (Å²) >= 11 is 0. The van der Waals surface area contributed by atoms with Crippen LogP contribution in [0, 0.1) is 5.92 Å². The van der Waals surface area contributed by atoms with Crippen molar-refractivity contribution in [3.63, 3.8) is 0 Å². The number of hydrogen-bond donors (Lipinski definition) is 0. The molecule has 2 aliphatic heterocycles. The molecule has 4 rings (SSSR count). The number of guanidine groups is 1. The first-order valence-corrected chi connectivity index (χ1v) is 11.0. The highest BCUT2D eigenvalue weighted by Gasteiger charge is 2.34. The van der Waals surface area contributed by atoms with Gasteiger partial charge in [0.1, 0.15) is 0 Å². The predicted octanol–water partition coefficient (Wildman–Crippen LogP) is 4.33. The SMILES string of the molecule is CC[C@H](C(=O)N1CCN=C1N1CCC(Cc2ccccc2)CC1)c1ccccc1. The van der Waals surface area contributed by atoms with E-state index >= 15 is 0 Å². The quantitative estimate of drug-likeness (QED) is 0.763. The normalized spacial score (nSPS) is 18.6. The lowest BCUT2D eigenvalue weighted by Gasteiger charge is -2.36. The van der Waals surface area contributed by atoms with Crippen molar-refractivity contribution in [1.82, 2.24) is 9.80 Å². The van der Waals surface area contributed by atoms with Gasteiger partial charge in [-0.2, -0.15) is 0 Å². The number of hydrogen-bond acceptors (Lipinski definition) is 3. The van der Waals surface area contributed by atoms with Gasteiger partial charge in [-0.3, -0.25) is 14.7 Å². The number of carbonyl (C=O) groups excluding carboxylic acids is 1. The molecule has 2 aromatic rings. The van der Waals surface area contributed by atoms with Gasteiger partial charge >= 0.3 is 0 Å². The molecule has 0 aliphatic carbocycles. The topological polar surface area (TPSA) is 35.9 Å². The Morgan fingerprint density at radius 2 is 1.66 bits per heavy atom. The van der Waals surface area contributed by atoms with Gasteiger partial charge in [-0.15, -0.1) is 0 Å². The predicted molar refractivity (Wildman–Crippen MR) is 118 cm³/mol. The van der Waals surface area contributed by atoms with E-state index in [1.165, 1.54) is 5.56 Å². The largest absolute Gasteiger partial charge is 0.342 e. The van der Waals surface area contributed by atoms with Crippen LogP contribution in [0.2, 0.25) is 0 Å². The van der Waals surface area contributed by atoms with Gasteiger partial charge < -0.3 is 4.90 Å².